The first-order valence-electron chi connectivity index (χ1n) is 9.24. The molecular weight excluding hydrogens is 352 g/mol. The maximum atomic E-state index is 12.7. The van der Waals surface area contributed by atoms with E-state index in [1.165, 1.54) is 4.80 Å². The first-order chi connectivity index (χ1) is 13.5. The maximum Gasteiger partial charge on any atom is 0.228 e. The molecule has 0 unspecified atom stereocenters. The smallest absolute Gasteiger partial charge is 0.228 e. The summed E-state index contributed by atoms with van der Waals surface area (Å²) in [6, 6.07) is 16.0. The summed E-state index contributed by atoms with van der Waals surface area (Å²) in [5.74, 6) is 0.467. The van der Waals surface area contributed by atoms with Gasteiger partial charge in [0.15, 0.2) is 0 Å². The normalized spacial score (nSPS) is 11.3. The van der Waals surface area contributed by atoms with Gasteiger partial charge in [0.2, 0.25) is 11.7 Å². The van der Waals surface area contributed by atoms with E-state index in [1.807, 2.05) is 36.4 Å². The quantitative estimate of drug-likeness (QED) is 0.579. The molecule has 0 aliphatic carbocycles. The van der Waals surface area contributed by atoms with Crippen LogP contribution in [0.15, 0.2) is 54.7 Å². The average Bonchev–Trinajstić information content (AvgIpc) is 3.26. The third-order valence-corrected chi connectivity index (χ3v) is 4.64. The largest absolute Gasteiger partial charge is 0.345 e. The number of rotatable bonds is 5. The van der Waals surface area contributed by atoms with Crippen LogP contribution in [0.25, 0.3) is 22.3 Å². The molecule has 0 aliphatic rings. The Bertz CT molecular complexity index is 1140. The minimum absolute atomic E-state index is 0.0593. The number of hydrogen-bond donors (Lipinski definition) is 1. The van der Waals surface area contributed by atoms with Gasteiger partial charge in [-0.05, 0) is 42.8 Å². The zero-order valence-corrected chi connectivity index (χ0v) is 16.1. The van der Waals surface area contributed by atoms with Crippen molar-refractivity contribution < 1.29 is 4.79 Å². The lowest BCUT2D eigenvalue weighted by molar-refractivity contribution is -0.115. The maximum absolute atomic E-state index is 12.7. The Balaban J connectivity index is 1.55. The highest BCUT2D eigenvalue weighted by molar-refractivity contribution is 5.96. The second-order valence-corrected chi connectivity index (χ2v) is 7.08. The lowest BCUT2D eigenvalue weighted by Gasteiger charge is -2.08. The highest BCUT2D eigenvalue weighted by Gasteiger charge is 2.14. The van der Waals surface area contributed by atoms with Gasteiger partial charge in [0.25, 0.3) is 0 Å². The van der Waals surface area contributed by atoms with Crippen molar-refractivity contribution in [1.29, 1.82) is 0 Å². The summed E-state index contributed by atoms with van der Waals surface area (Å²) in [7, 11) is 1.72. The van der Waals surface area contributed by atoms with Crippen LogP contribution in [-0.2, 0) is 18.3 Å². The van der Waals surface area contributed by atoms with Gasteiger partial charge in [0.05, 0.1) is 13.5 Å². The number of aryl methyl sites for hydroxylation is 1. The molecule has 7 nitrogen and oxygen atoms in total. The number of nitrogens with one attached hydrogen (secondary N) is 1. The molecule has 2 aromatic heterocycles. The fraction of sp³-hybridized carbons (Fsp3) is 0.238. The molecule has 2 aromatic carbocycles. The molecule has 1 amide bonds. The van der Waals surface area contributed by atoms with Gasteiger partial charge in [-0.1, -0.05) is 30.3 Å². The minimum Gasteiger partial charge on any atom is -0.345 e. The molecule has 0 bridgehead atoms. The molecule has 2 heterocycles. The number of amides is 1. The molecule has 0 saturated carbocycles. The van der Waals surface area contributed by atoms with Crippen LogP contribution in [0.3, 0.4) is 0 Å². The van der Waals surface area contributed by atoms with Gasteiger partial charge in [-0.25, -0.2) is 0 Å². The van der Waals surface area contributed by atoms with Crippen LogP contribution in [0, 0.1) is 0 Å². The van der Waals surface area contributed by atoms with E-state index in [4.69, 9.17) is 0 Å². The second-order valence-electron chi connectivity index (χ2n) is 7.08. The molecule has 4 rings (SSSR count). The lowest BCUT2D eigenvalue weighted by Crippen LogP contribution is -2.14. The Kier molecular flexibility index (Phi) is 4.65. The Morgan fingerprint density at radius 1 is 1.14 bits per heavy atom. The van der Waals surface area contributed by atoms with Gasteiger partial charge < -0.3 is 9.88 Å². The first kappa shape index (κ1) is 17.9. The van der Waals surface area contributed by atoms with Crippen molar-refractivity contribution in [2.75, 3.05) is 5.32 Å². The number of hydrogen-bond acceptors (Lipinski definition) is 4. The van der Waals surface area contributed by atoms with E-state index in [1.54, 1.807) is 7.05 Å². The summed E-state index contributed by atoms with van der Waals surface area (Å²) in [4.78, 5) is 14.1. The number of aromatic nitrogens is 5. The van der Waals surface area contributed by atoms with E-state index in [-0.39, 0.29) is 5.91 Å². The van der Waals surface area contributed by atoms with E-state index in [0.29, 0.717) is 24.0 Å². The summed E-state index contributed by atoms with van der Waals surface area (Å²) in [5, 5.41) is 16.2. The number of para-hydroxylation sites is 1. The minimum atomic E-state index is -0.0593. The molecule has 0 fully saturated rings. The van der Waals surface area contributed by atoms with Gasteiger partial charge in [-0.3, -0.25) is 4.79 Å². The SMILES string of the molecule is CC(C)n1cc(CC(=O)Nc2cccc(-c3nnn(C)n3)c2)c2ccccc21. The van der Waals surface area contributed by atoms with Gasteiger partial charge >= 0.3 is 0 Å². The van der Waals surface area contributed by atoms with E-state index in [2.05, 4.69) is 57.5 Å². The van der Waals surface area contributed by atoms with Crippen molar-refractivity contribution in [3.05, 3.63) is 60.3 Å². The molecule has 28 heavy (non-hydrogen) atoms. The molecular formula is C21H22N6O. The van der Waals surface area contributed by atoms with E-state index in [9.17, 15) is 4.79 Å². The molecule has 0 spiro atoms. The third kappa shape index (κ3) is 3.51. The number of nitrogens with zero attached hydrogens (tertiary/aromatic N) is 5. The number of anilines is 1. The molecule has 0 radical (unpaired) electrons. The van der Waals surface area contributed by atoms with Gasteiger partial charge in [-0.15, -0.1) is 10.2 Å². The van der Waals surface area contributed by atoms with Gasteiger partial charge in [-0.2, -0.15) is 4.80 Å². The zero-order valence-electron chi connectivity index (χ0n) is 16.1. The van der Waals surface area contributed by atoms with Crippen molar-refractivity contribution in [1.82, 2.24) is 24.8 Å². The Morgan fingerprint density at radius 2 is 1.96 bits per heavy atom. The summed E-state index contributed by atoms with van der Waals surface area (Å²) >= 11 is 0. The Hall–Kier alpha value is -3.48. The topological polar surface area (TPSA) is 77.6 Å². The van der Waals surface area contributed by atoms with Crippen LogP contribution < -0.4 is 5.32 Å². The molecule has 0 saturated heterocycles. The summed E-state index contributed by atoms with van der Waals surface area (Å²) in [6.07, 6.45) is 2.39. The number of benzene rings is 2. The number of fused-ring (bicyclic) bond motifs is 1. The molecule has 0 aliphatic heterocycles. The van der Waals surface area contributed by atoms with E-state index in [0.717, 1.165) is 22.0 Å². The summed E-state index contributed by atoms with van der Waals surface area (Å²) in [5.41, 5.74) is 3.69. The number of carbonyl (C=O) groups is 1. The average molecular weight is 374 g/mol. The Morgan fingerprint density at radius 3 is 2.71 bits per heavy atom. The zero-order chi connectivity index (χ0) is 19.7. The third-order valence-electron chi connectivity index (χ3n) is 4.64. The van der Waals surface area contributed by atoms with E-state index >= 15 is 0 Å². The number of carbonyl (C=O) groups excluding carboxylic acids is 1. The van der Waals surface area contributed by atoms with Crippen LogP contribution in [0.1, 0.15) is 25.5 Å². The standard InChI is InChI=1S/C21H22N6O/c1-14(2)27-13-16(18-9-4-5-10-19(18)27)12-20(28)22-17-8-6-7-15(11-17)21-23-25-26(3)24-21/h4-11,13-14H,12H2,1-3H3,(H,22,28). The molecule has 1 N–H and O–H groups in total. The van der Waals surface area contributed by atoms with Crippen LogP contribution in [0.5, 0.6) is 0 Å². The van der Waals surface area contributed by atoms with Crippen molar-refractivity contribution in [3.63, 3.8) is 0 Å². The van der Waals surface area contributed by atoms with Crippen LogP contribution in [0.4, 0.5) is 5.69 Å². The fourth-order valence-corrected chi connectivity index (χ4v) is 3.36. The Labute approximate surface area is 163 Å². The van der Waals surface area contributed by atoms with Gasteiger partial charge in [0.1, 0.15) is 0 Å². The van der Waals surface area contributed by atoms with Crippen molar-refractivity contribution in [2.45, 2.75) is 26.3 Å². The summed E-state index contributed by atoms with van der Waals surface area (Å²) < 4.78 is 2.21. The lowest BCUT2D eigenvalue weighted by atomic mass is 10.1. The predicted molar refractivity (Wildman–Crippen MR) is 109 cm³/mol. The first-order valence-corrected chi connectivity index (χ1v) is 9.24. The van der Waals surface area contributed by atoms with E-state index < -0.39 is 0 Å². The highest BCUT2D eigenvalue weighted by Crippen LogP contribution is 2.25. The second kappa shape index (κ2) is 7.26. The molecule has 0 atom stereocenters. The monoisotopic (exact) mass is 374 g/mol. The molecule has 4 aromatic rings. The van der Waals surface area contributed by atoms with Crippen LogP contribution in [0.2, 0.25) is 0 Å². The van der Waals surface area contributed by atoms with Crippen LogP contribution >= 0.6 is 0 Å². The summed E-state index contributed by atoms with van der Waals surface area (Å²) in [6.45, 7) is 4.28. The van der Waals surface area contributed by atoms with Crippen LogP contribution in [-0.4, -0.2) is 30.7 Å². The predicted octanol–water partition coefficient (Wildman–Crippen LogP) is 3.59. The fourth-order valence-electron chi connectivity index (χ4n) is 3.36. The van der Waals surface area contributed by atoms with Crippen molar-refractivity contribution >= 4 is 22.5 Å². The molecule has 7 heteroatoms. The number of tetrazole rings is 1. The highest BCUT2D eigenvalue weighted by atomic mass is 16.1. The van der Waals surface area contributed by atoms with Gasteiger partial charge in [0, 0.05) is 34.4 Å². The van der Waals surface area contributed by atoms with Crippen molar-refractivity contribution in [2.24, 2.45) is 7.05 Å². The molecule has 142 valence electrons. The van der Waals surface area contributed by atoms with Crippen molar-refractivity contribution in [3.8, 4) is 11.4 Å².